The van der Waals surface area contributed by atoms with E-state index in [9.17, 15) is 0 Å². The van der Waals surface area contributed by atoms with Crippen LogP contribution in [0.4, 0.5) is 0 Å². The summed E-state index contributed by atoms with van der Waals surface area (Å²) in [5.41, 5.74) is 8.30. The van der Waals surface area contributed by atoms with Crippen molar-refractivity contribution >= 4 is 0 Å². The SMILES string of the molecule is CC(N)CCc1ncncc1CC1CC1. The van der Waals surface area contributed by atoms with Gasteiger partial charge < -0.3 is 5.73 Å². The predicted octanol–water partition coefficient (Wildman–Crippen LogP) is 1.71. The molecular formula is C12H19N3. The standard InChI is InChI=1S/C12H19N3/c1-9(13)2-5-12-11(6-10-3-4-10)7-14-8-15-12/h7-10H,2-6,13H2,1H3. The topological polar surface area (TPSA) is 51.8 Å². The van der Waals surface area contributed by atoms with Crippen LogP contribution >= 0.6 is 0 Å². The highest BCUT2D eigenvalue weighted by molar-refractivity contribution is 5.18. The van der Waals surface area contributed by atoms with E-state index < -0.39 is 0 Å². The first-order chi connectivity index (χ1) is 7.25. The maximum Gasteiger partial charge on any atom is 0.115 e. The van der Waals surface area contributed by atoms with Gasteiger partial charge in [0.1, 0.15) is 6.33 Å². The number of hydrogen-bond donors (Lipinski definition) is 1. The minimum Gasteiger partial charge on any atom is -0.328 e. The highest BCUT2D eigenvalue weighted by atomic mass is 14.8. The Morgan fingerprint density at radius 2 is 2.33 bits per heavy atom. The van der Waals surface area contributed by atoms with E-state index in [0.717, 1.165) is 25.2 Å². The molecule has 1 atom stereocenters. The van der Waals surface area contributed by atoms with Crippen LogP contribution in [0, 0.1) is 5.92 Å². The molecule has 1 aromatic rings. The minimum atomic E-state index is 0.258. The molecule has 1 aliphatic rings. The van der Waals surface area contributed by atoms with Crippen molar-refractivity contribution in [3.8, 4) is 0 Å². The molecule has 1 aliphatic carbocycles. The van der Waals surface area contributed by atoms with Crippen LogP contribution in [0.1, 0.15) is 37.4 Å². The fourth-order valence-corrected chi connectivity index (χ4v) is 1.78. The number of nitrogens with two attached hydrogens (primary N) is 1. The molecule has 2 N–H and O–H groups in total. The fourth-order valence-electron chi connectivity index (χ4n) is 1.78. The molecule has 1 aromatic heterocycles. The van der Waals surface area contributed by atoms with Crippen molar-refractivity contribution in [2.75, 3.05) is 0 Å². The molecule has 0 aromatic carbocycles. The molecule has 1 unspecified atom stereocenters. The van der Waals surface area contributed by atoms with Gasteiger partial charge in [0.05, 0.1) is 0 Å². The molecule has 0 spiro atoms. The largest absolute Gasteiger partial charge is 0.328 e. The summed E-state index contributed by atoms with van der Waals surface area (Å²) in [6, 6.07) is 0.258. The number of aryl methyl sites for hydroxylation is 1. The van der Waals surface area contributed by atoms with Crippen LogP contribution in [-0.4, -0.2) is 16.0 Å². The average molecular weight is 205 g/mol. The second-order valence-corrected chi connectivity index (χ2v) is 4.66. The number of hydrogen-bond acceptors (Lipinski definition) is 3. The summed E-state index contributed by atoms with van der Waals surface area (Å²) in [4.78, 5) is 8.48. The van der Waals surface area contributed by atoms with Crippen molar-refractivity contribution in [1.29, 1.82) is 0 Å². The Kier molecular flexibility index (Phi) is 3.31. The lowest BCUT2D eigenvalue weighted by molar-refractivity contribution is 0.649. The number of aromatic nitrogens is 2. The monoisotopic (exact) mass is 205 g/mol. The Balaban J connectivity index is 1.99. The molecule has 1 heterocycles. The first-order valence-corrected chi connectivity index (χ1v) is 5.79. The molecule has 1 fully saturated rings. The van der Waals surface area contributed by atoms with Crippen molar-refractivity contribution in [2.45, 2.75) is 45.1 Å². The van der Waals surface area contributed by atoms with E-state index in [4.69, 9.17) is 5.73 Å². The van der Waals surface area contributed by atoms with Crippen LogP contribution in [0.15, 0.2) is 12.5 Å². The van der Waals surface area contributed by atoms with E-state index >= 15 is 0 Å². The second kappa shape index (κ2) is 4.71. The predicted molar refractivity (Wildman–Crippen MR) is 60.4 cm³/mol. The van der Waals surface area contributed by atoms with Gasteiger partial charge in [0.25, 0.3) is 0 Å². The van der Waals surface area contributed by atoms with E-state index in [1.807, 2.05) is 13.1 Å². The molecule has 1 saturated carbocycles. The summed E-state index contributed by atoms with van der Waals surface area (Å²) in [5.74, 6) is 0.894. The molecule has 0 saturated heterocycles. The molecule has 15 heavy (non-hydrogen) atoms. The van der Waals surface area contributed by atoms with Crippen LogP contribution in [0.2, 0.25) is 0 Å². The van der Waals surface area contributed by atoms with E-state index in [1.54, 1.807) is 6.33 Å². The highest BCUT2D eigenvalue weighted by Gasteiger charge is 2.22. The zero-order chi connectivity index (χ0) is 10.7. The number of nitrogens with zero attached hydrogens (tertiary/aromatic N) is 2. The fraction of sp³-hybridized carbons (Fsp3) is 0.667. The summed E-state index contributed by atoms with van der Waals surface area (Å²) < 4.78 is 0. The second-order valence-electron chi connectivity index (χ2n) is 4.66. The molecule has 3 nitrogen and oxygen atoms in total. The Morgan fingerprint density at radius 1 is 1.53 bits per heavy atom. The van der Waals surface area contributed by atoms with Crippen LogP contribution in [-0.2, 0) is 12.8 Å². The Bertz CT molecular complexity index is 318. The van der Waals surface area contributed by atoms with E-state index in [-0.39, 0.29) is 6.04 Å². The summed E-state index contributed by atoms with van der Waals surface area (Å²) in [7, 11) is 0. The van der Waals surface area contributed by atoms with Gasteiger partial charge in [-0.05, 0) is 50.5 Å². The molecule has 0 aliphatic heterocycles. The third-order valence-corrected chi connectivity index (χ3v) is 2.92. The molecule has 0 radical (unpaired) electrons. The van der Waals surface area contributed by atoms with E-state index in [2.05, 4.69) is 9.97 Å². The lowest BCUT2D eigenvalue weighted by Gasteiger charge is -2.08. The van der Waals surface area contributed by atoms with Gasteiger partial charge in [0.15, 0.2) is 0 Å². The lowest BCUT2D eigenvalue weighted by atomic mass is 10.0. The van der Waals surface area contributed by atoms with Crippen molar-refractivity contribution in [3.05, 3.63) is 23.8 Å². The normalized spacial score (nSPS) is 17.7. The molecular weight excluding hydrogens is 186 g/mol. The van der Waals surface area contributed by atoms with Crippen molar-refractivity contribution in [3.63, 3.8) is 0 Å². The molecule has 82 valence electrons. The van der Waals surface area contributed by atoms with Gasteiger partial charge >= 0.3 is 0 Å². The van der Waals surface area contributed by atoms with Gasteiger partial charge in [-0.2, -0.15) is 0 Å². The summed E-state index contributed by atoms with van der Waals surface area (Å²) in [5, 5.41) is 0. The van der Waals surface area contributed by atoms with Gasteiger partial charge in [-0.15, -0.1) is 0 Å². The average Bonchev–Trinajstić information content (AvgIpc) is 3.00. The Morgan fingerprint density at radius 3 is 3.00 bits per heavy atom. The van der Waals surface area contributed by atoms with Crippen LogP contribution < -0.4 is 5.73 Å². The third kappa shape index (κ3) is 3.27. The Hall–Kier alpha value is -0.960. The summed E-state index contributed by atoms with van der Waals surface area (Å²) >= 11 is 0. The van der Waals surface area contributed by atoms with Crippen LogP contribution in [0.5, 0.6) is 0 Å². The maximum atomic E-state index is 5.76. The molecule has 2 rings (SSSR count). The minimum absolute atomic E-state index is 0.258. The molecule has 0 amide bonds. The van der Waals surface area contributed by atoms with Crippen molar-refractivity contribution in [2.24, 2.45) is 11.7 Å². The van der Waals surface area contributed by atoms with Gasteiger partial charge in [0, 0.05) is 17.9 Å². The van der Waals surface area contributed by atoms with Gasteiger partial charge in [-0.1, -0.05) is 0 Å². The molecule has 0 bridgehead atoms. The first-order valence-electron chi connectivity index (χ1n) is 5.79. The van der Waals surface area contributed by atoms with Gasteiger partial charge in [-0.25, -0.2) is 9.97 Å². The Labute approximate surface area is 91.1 Å². The summed E-state index contributed by atoms with van der Waals surface area (Å²) in [6.45, 7) is 2.04. The van der Waals surface area contributed by atoms with Crippen molar-refractivity contribution in [1.82, 2.24) is 9.97 Å². The van der Waals surface area contributed by atoms with Crippen LogP contribution in [0.3, 0.4) is 0 Å². The maximum absolute atomic E-state index is 5.76. The lowest BCUT2D eigenvalue weighted by Crippen LogP contribution is -2.16. The van der Waals surface area contributed by atoms with Gasteiger partial charge in [-0.3, -0.25) is 0 Å². The van der Waals surface area contributed by atoms with E-state index in [1.165, 1.54) is 24.1 Å². The number of rotatable bonds is 5. The highest BCUT2D eigenvalue weighted by Crippen LogP contribution is 2.33. The molecule has 3 heteroatoms. The zero-order valence-corrected chi connectivity index (χ0v) is 9.32. The summed E-state index contributed by atoms with van der Waals surface area (Å²) in [6.07, 6.45) is 9.53. The smallest absolute Gasteiger partial charge is 0.115 e. The zero-order valence-electron chi connectivity index (χ0n) is 9.32. The van der Waals surface area contributed by atoms with Gasteiger partial charge in [0.2, 0.25) is 0 Å². The van der Waals surface area contributed by atoms with E-state index in [0.29, 0.717) is 0 Å². The quantitative estimate of drug-likeness (QED) is 0.796. The van der Waals surface area contributed by atoms with Crippen molar-refractivity contribution < 1.29 is 0 Å². The first kappa shape index (κ1) is 10.6. The van der Waals surface area contributed by atoms with Crippen LogP contribution in [0.25, 0.3) is 0 Å². The third-order valence-electron chi connectivity index (χ3n) is 2.92.